The molecule has 1 heterocycles. The fourth-order valence-electron chi connectivity index (χ4n) is 1.81. The summed E-state index contributed by atoms with van der Waals surface area (Å²) in [5.74, 6) is 0.504. The van der Waals surface area contributed by atoms with E-state index >= 15 is 0 Å². The summed E-state index contributed by atoms with van der Waals surface area (Å²) in [7, 11) is 1.97. The van der Waals surface area contributed by atoms with Crippen molar-refractivity contribution in [2.75, 3.05) is 13.4 Å². The number of aromatic nitrogens is 1. The van der Waals surface area contributed by atoms with E-state index in [1.807, 2.05) is 0 Å². The molecule has 96 valence electrons. The third-order valence-corrected chi connectivity index (χ3v) is 3.94. The van der Waals surface area contributed by atoms with Gasteiger partial charge in [0.25, 0.3) is 0 Å². The van der Waals surface area contributed by atoms with Crippen molar-refractivity contribution in [3.8, 4) is 5.75 Å². The normalized spacial score (nSPS) is 12.7. The minimum Gasteiger partial charge on any atom is -0.495 e. The summed E-state index contributed by atoms with van der Waals surface area (Å²) < 4.78 is 18.4. The molecule has 1 unspecified atom stereocenters. The van der Waals surface area contributed by atoms with E-state index in [1.165, 1.54) is 13.4 Å². The van der Waals surface area contributed by atoms with Gasteiger partial charge in [-0.3, -0.25) is 9.00 Å². The van der Waals surface area contributed by atoms with Gasteiger partial charge in [0.15, 0.2) is 0 Å². The second-order valence-electron chi connectivity index (χ2n) is 3.89. The van der Waals surface area contributed by atoms with Crippen molar-refractivity contribution >= 4 is 33.3 Å². The maximum Gasteiger partial charge on any atom is 0.205 e. The lowest BCUT2D eigenvalue weighted by atomic mass is 10.2. The minimum atomic E-state index is -1.33. The van der Waals surface area contributed by atoms with E-state index in [2.05, 4.69) is 0 Å². The number of hydrogen-bond donors (Lipinski definition) is 0. The lowest BCUT2D eigenvalue weighted by Crippen LogP contribution is -2.14. The first-order chi connectivity index (χ1) is 8.45. The molecule has 4 nitrogen and oxygen atoms in total. The molecule has 18 heavy (non-hydrogen) atoms. The molecule has 0 N–H and O–H groups in total. The van der Waals surface area contributed by atoms with Crippen LogP contribution in [0.4, 0.5) is 0 Å². The average Bonchev–Trinajstić information content (AvgIpc) is 2.32. The van der Waals surface area contributed by atoms with Crippen molar-refractivity contribution in [1.82, 2.24) is 4.57 Å². The Morgan fingerprint density at radius 1 is 1.39 bits per heavy atom. The van der Waals surface area contributed by atoms with E-state index in [9.17, 15) is 9.00 Å². The third kappa shape index (κ3) is 2.04. The van der Waals surface area contributed by atoms with E-state index < -0.39 is 10.8 Å². The Bertz CT molecular complexity index is 709. The molecule has 1 aromatic carbocycles. The molecule has 0 radical (unpaired) electrons. The summed E-state index contributed by atoms with van der Waals surface area (Å²) in [4.78, 5) is 12.4. The van der Waals surface area contributed by atoms with Gasteiger partial charge in [0, 0.05) is 31.0 Å². The van der Waals surface area contributed by atoms with Gasteiger partial charge in [0.2, 0.25) is 5.43 Å². The third-order valence-electron chi connectivity index (χ3n) is 2.74. The van der Waals surface area contributed by atoms with Crippen LogP contribution in [0.1, 0.15) is 0 Å². The summed E-state index contributed by atoms with van der Waals surface area (Å²) in [5.41, 5.74) is 0.434. The van der Waals surface area contributed by atoms with Crippen LogP contribution in [0.2, 0.25) is 5.02 Å². The number of rotatable bonds is 2. The van der Waals surface area contributed by atoms with E-state index in [0.29, 0.717) is 21.7 Å². The van der Waals surface area contributed by atoms with E-state index in [-0.39, 0.29) is 10.3 Å². The zero-order valence-corrected chi connectivity index (χ0v) is 11.8. The van der Waals surface area contributed by atoms with Gasteiger partial charge in [0.1, 0.15) is 10.6 Å². The highest BCUT2D eigenvalue weighted by molar-refractivity contribution is 7.84. The highest BCUT2D eigenvalue weighted by atomic mass is 35.5. The van der Waals surface area contributed by atoms with Crippen LogP contribution in [0.3, 0.4) is 0 Å². The molecule has 1 aromatic heterocycles. The smallest absolute Gasteiger partial charge is 0.205 e. The van der Waals surface area contributed by atoms with Gasteiger partial charge >= 0.3 is 0 Å². The summed E-state index contributed by atoms with van der Waals surface area (Å²) in [6, 6.07) is 3.25. The highest BCUT2D eigenvalue weighted by Gasteiger charge is 2.13. The Morgan fingerprint density at radius 3 is 2.61 bits per heavy atom. The maximum absolute atomic E-state index is 12.2. The predicted octanol–water partition coefficient (Wildman–Crippen LogP) is 1.94. The molecule has 2 aromatic rings. The van der Waals surface area contributed by atoms with Gasteiger partial charge < -0.3 is 9.30 Å². The Labute approximate surface area is 112 Å². The second kappa shape index (κ2) is 4.74. The highest BCUT2D eigenvalue weighted by Crippen LogP contribution is 2.28. The molecule has 0 aliphatic heterocycles. The van der Waals surface area contributed by atoms with Crippen molar-refractivity contribution < 1.29 is 8.95 Å². The van der Waals surface area contributed by atoms with Gasteiger partial charge in [-0.25, -0.2) is 0 Å². The number of pyridine rings is 1. The van der Waals surface area contributed by atoms with E-state index in [4.69, 9.17) is 16.3 Å². The first-order valence-electron chi connectivity index (χ1n) is 5.16. The largest absolute Gasteiger partial charge is 0.495 e. The standard InChI is InChI=1S/C12H12ClNO3S/c1-14-6-11(18(3)16)12(15)7-4-8(13)10(17-2)5-9(7)14/h4-6H,1-3H3. The molecule has 1 atom stereocenters. The molecule has 2 rings (SSSR count). The Hall–Kier alpha value is -1.33. The molecule has 0 bridgehead atoms. The molecule has 0 aliphatic carbocycles. The van der Waals surface area contributed by atoms with Gasteiger partial charge in [0.05, 0.1) is 28.4 Å². The monoisotopic (exact) mass is 285 g/mol. The lowest BCUT2D eigenvalue weighted by Gasteiger charge is -2.10. The number of halogens is 1. The number of nitrogens with zero attached hydrogens (tertiary/aromatic N) is 1. The zero-order valence-electron chi connectivity index (χ0n) is 10.2. The van der Waals surface area contributed by atoms with Crippen LogP contribution in [-0.2, 0) is 17.8 Å². The minimum absolute atomic E-state index is 0.256. The van der Waals surface area contributed by atoms with Crippen LogP contribution in [0.15, 0.2) is 28.0 Å². The number of ether oxygens (including phenoxy) is 1. The first-order valence-corrected chi connectivity index (χ1v) is 7.09. The summed E-state index contributed by atoms with van der Waals surface area (Å²) in [5, 5.41) is 0.803. The Kier molecular flexibility index (Phi) is 3.45. The summed E-state index contributed by atoms with van der Waals surface area (Å²) >= 11 is 6.01. The molecule has 0 saturated carbocycles. The van der Waals surface area contributed by atoms with Crippen LogP contribution >= 0.6 is 11.6 Å². The summed E-state index contributed by atoms with van der Waals surface area (Å²) in [6.07, 6.45) is 3.06. The fraction of sp³-hybridized carbons (Fsp3) is 0.250. The molecule has 6 heteroatoms. The zero-order chi connectivity index (χ0) is 13.4. The topological polar surface area (TPSA) is 48.3 Å². The van der Waals surface area contributed by atoms with E-state index in [0.717, 1.165) is 0 Å². The van der Waals surface area contributed by atoms with Crippen LogP contribution in [0.5, 0.6) is 5.75 Å². The van der Waals surface area contributed by atoms with Crippen molar-refractivity contribution in [3.05, 3.63) is 33.6 Å². The van der Waals surface area contributed by atoms with Crippen LogP contribution in [0, 0.1) is 0 Å². The van der Waals surface area contributed by atoms with Gasteiger partial charge in [-0.1, -0.05) is 11.6 Å². The lowest BCUT2D eigenvalue weighted by molar-refractivity contribution is 0.415. The van der Waals surface area contributed by atoms with Crippen LogP contribution in [0.25, 0.3) is 10.9 Å². The average molecular weight is 286 g/mol. The maximum atomic E-state index is 12.2. The fourth-order valence-corrected chi connectivity index (χ4v) is 2.73. The van der Waals surface area contributed by atoms with Crippen molar-refractivity contribution in [2.45, 2.75) is 4.90 Å². The van der Waals surface area contributed by atoms with Gasteiger partial charge in [-0.2, -0.15) is 0 Å². The molecular formula is C12H12ClNO3S. The Balaban J connectivity index is 2.94. The molecular weight excluding hydrogens is 274 g/mol. The number of methoxy groups -OCH3 is 1. The first kappa shape index (κ1) is 13.1. The Morgan fingerprint density at radius 2 is 2.06 bits per heavy atom. The van der Waals surface area contributed by atoms with E-state index in [1.54, 1.807) is 29.9 Å². The molecule has 0 amide bonds. The molecule has 0 aliphatic rings. The second-order valence-corrected chi connectivity index (χ2v) is 5.65. The quantitative estimate of drug-likeness (QED) is 0.847. The number of benzene rings is 1. The number of fused-ring (bicyclic) bond motifs is 1. The molecule has 0 fully saturated rings. The van der Waals surface area contributed by atoms with Crippen LogP contribution in [-0.4, -0.2) is 22.1 Å². The summed E-state index contributed by atoms with van der Waals surface area (Å²) in [6.45, 7) is 0. The predicted molar refractivity (Wildman–Crippen MR) is 73.1 cm³/mol. The van der Waals surface area contributed by atoms with Gasteiger partial charge in [-0.15, -0.1) is 0 Å². The molecule has 0 spiro atoms. The van der Waals surface area contributed by atoms with Gasteiger partial charge in [-0.05, 0) is 6.07 Å². The van der Waals surface area contributed by atoms with Crippen LogP contribution < -0.4 is 10.2 Å². The van der Waals surface area contributed by atoms with Crippen molar-refractivity contribution in [1.29, 1.82) is 0 Å². The van der Waals surface area contributed by atoms with Crippen molar-refractivity contribution in [3.63, 3.8) is 0 Å². The SMILES string of the molecule is COc1cc2c(cc1Cl)c(=O)c(S(C)=O)cn2C. The molecule has 0 saturated heterocycles. The number of hydrogen-bond acceptors (Lipinski definition) is 3. The van der Waals surface area contributed by atoms with Crippen molar-refractivity contribution in [2.24, 2.45) is 7.05 Å². The number of aryl methyl sites for hydroxylation is 1.